The molecule has 0 unspecified atom stereocenters. The molecule has 34 heavy (non-hydrogen) atoms. The summed E-state index contributed by atoms with van der Waals surface area (Å²) in [5.74, 6) is -1.02. The van der Waals surface area contributed by atoms with E-state index in [4.69, 9.17) is 4.42 Å². The van der Waals surface area contributed by atoms with Gasteiger partial charge in [-0.3, -0.25) is 0 Å². The highest BCUT2D eigenvalue weighted by atomic mass is 32.2. The zero-order chi connectivity index (χ0) is 24.3. The molecule has 2 aromatic heterocycles. The lowest BCUT2D eigenvalue weighted by Crippen LogP contribution is -2.12. The fourth-order valence-electron chi connectivity index (χ4n) is 2.95. The predicted octanol–water partition coefficient (Wildman–Crippen LogP) is 6.04. The van der Waals surface area contributed by atoms with Gasteiger partial charge in [0.25, 0.3) is 5.22 Å². The van der Waals surface area contributed by atoms with Gasteiger partial charge >= 0.3 is 6.18 Å². The van der Waals surface area contributed by atoms with Crippen molar-refractivity contribution in [3.63, 3.8) is 0 Å². The Morgan fingerprint density at radius 1 is 0.971 bits per heavy atom. The van der Waals surface area contributed by atoms with Gasteiger partial charge in [0.05, 0.1) is 0 Å². The molecule has 0 aliphatic rings. The Labute approximate surface area is 194 Å². The van der Waals surface area contributed by atoms with Gasteiger partial charge in [-0.15, -0.1) is 10.2 Å². The molecule has 0 bridgehead atoms. The fraction of sp³-hybridized carbons (Fsp3) is 0.182. The van der Waals surface area contributed by atoms with Crippen molar-refractivity contribution in [2.45, 2.75) is 30.6 Å². The molecule has 0 saturated heterocycles. The van der Waals surface area contributed by atoms with Gasteiger partial charge in [-0.1, -0.05) is 30.0 Å². The van der Waals surface area contributed by atoms with Crippen molar-refractivity contribution in [1.82, 2.24) is 20.2 Å². The van der Waals surface area contributed by atoms with Gasteiger partial charge in [0, 0.05) is 29.5 Å². The van der Waals surface area contributed by atoms with E-state index >= 15 is 0 Å². The smallest absolute Gasteiger partial charge is 0.411 e. The SMILES string of the molecule is Cc1nc(NCc2ccc(-c3nnc(SCc4c(F)cccc4F)o3)cc2)cc(C(F)(F)F)n1. The lowest BCUT2D eigenvalue weighted by atomic mass is 10.1. The monoisotopic (exact) mass is 493 g/mol. The Morgan fingerprint density at radius 3 is 2.35 bits per heavy atom. The van der Waals surface area contributed by atoms with Crippen molar-refractivity contribution in [3.8, 4) is 11.5 Å². The van der Waals surface area contributed by atoms with Gasteiger partial charge in [0.2, 0.25) is 5.89 Å². The van der Waals surface area contributed by atoms with Crippen LogP contribution in [0.5, 0.6) is 0 Å². The molecule has 2 heterocycles. The van der Waals surface area contributed by atoms with E-state index < -0.39 is 23.5 Å². The van der Waals surface area contributed by atoms with Crippen LogP contribution in [0.2, 0.25) is 0 Å². The molecule has 2 aromatic carbocycles. The zero-order valence-corrected chi connectivity index (χ0v) is 18.3. The maximum absolute atomic E-state index is 13.7. The molecule has 4 rings (SSSR count). The van der Waals surface area contributed by atoms with E-state index in [1.807, 2.05) is 0 Å². The summed E-state index contributed by atoms with van der Waals surface area (Å²) in [6.45, 7) is 1.62. The highest BCUT2D eigenvalue weighted by molar-refractivity contribution is 7.98. The summed E-state index contributed by atoms with van der Waals surface area (Å²) in [7, 11) is 0. The number of nitrogens with one attached hydrogen (secondary N) is 1. The number of aromatic nitrogens is 4. The maximum Gasteiger partial charge on any atom is 0.433 e. The molecule has 0 spiro atoms. The molecule has 176 valence electrons. The summed E-state index contributed by atoms with van der Waals surface area (Å²) in [5, 5.41) is 10.8. The minimum atomic E-state index is -4.56. The standard InChI is InChI=1S/C22H16F5N5OS/c1-12-29-18(22(25,26)27)9-19(30-12)28-10-13-5-7-14(8-6-13)20-31-32-21(33-20)34-11-15-16(23)3-2-4-17(15)24/h2-9H,10-11H2,1H3,(H,28,29,30). The Kier molecular flexibility index (Phi) is 6.77. The highest BCUT2D eigenvalue weighted by Crippen LogP contribution is 2.30. The Hall–Kier alpha value is -3.54. The average Bonchev–Trinajstić information content (AvgIpc) is 3.26. The third-order valence-corrected chi connectivity index (χ3v) is 5.46. The number of anilines is 1. The lowest BCUT2D eigenvalue weighted by Gasteiger charge is -2.10. The van der Waals surface area contributed by atoms with Crippen molar-refractivity contribution in [1.29, 1.82) is 0 Å². The molecule has 0 fully saturated rings. The second kappa shape index (κ2) is 9.75. The van der Waals surface area contributed by atoms with Gasteiger partial charge in [0.1, 0.15) is 29.0 Å². The average molecular weight is 493 g/mol. The third-order valence-electron chi connectivity index (χ3n) is 4.61. The maximum atomic E-state index is 13.7. The lowest BCUT2D eigenvalue weighted by molar-refractivity contribution is -0.141. The zero-order valence-electron chi connectivity index (χ0n) is 17.5. The number of hydrogen-bond donors (Lipinski definition) is 1. The van der Waals surface area contributed by atoms with Crippen LogP contribution in [-0.4, -0.2) is 20.2 Å². The minimum Gasteiger partial charge on any atom is -0.411 e. The van der Waals surface area contributed by atoms with E-state index in [-0.39, 0.29) is 40.6 Å². The number of aryl methyl sites for hydroxylation is 1. The van der Waals surface area contributed by atoms with Crippen LogP contribution in [0.4, 0.5) is 27.8 Å². The van der Waals surface area contributed by atoms with E-state index in [0.29, 0.717) is 5.56 Å². The van der Waals surface area contributed by atoms with E-state index in [0.717, 1.165) is 23.4 Å². The Balaban J connectivity index is 1.38. The number of alkyl halides is 3. The molecule has 4 aromatic rings. The quantitative estimate of drug-likeness (QED) is 0.249. The number of halogens is 5. The van der Waals surface area contributed by atoms with Crippen LogP contribution in [-0.2, 0) is 18.5 Å². The minimum absolute atomic E-state index is 0.00971. The molecular weight excluding hydrogens is 477 g/mol. The summed E-state index contributed by atoms with van der Waals surface area (Å²) < 4.78 is 71.8. The van der Waals surface area contributed by atoms with Crippen LogP contribution in [0.15, 0.2) is 58.2 Å². The first-order chi connectivity index (χ1) is 16.2. The Morgan fingerprint density at radius 2 is 1.68 bits per heavy atom. The molecule has 0 aliphatic heterocycles. The van der Waals surface area contributed by atoms with Gasteiger partial charge in [-0.05, 0) is 36.8 Å². The number of nitrogens with zero attached hydrogens (tertiary/aromatic N) is 4. The number of benzene rings is 2. The number of hydrogen-bond acceptors (Lipinski definition) is 7. The van der Waals surface area contributed by atoms with E-state index in [1.165, 1.54) is 25.1 Å². The van der Waals surface area contributed by atoms with E-state index in [2.05, 4.69) is 25.5 Å². The van der Waals surface area contributed by atoms with Crippen molar-refractivity contribution in [2.24, 2.45) is 0 Å². The predicted molar refractivity (Wildman–Crippen MR) is 115 cm³/mol. The molecule has 12 heteroatoms. The fourth-order valence-corrected chi connectivity index (χ4v) is 3.73. The van der Waals surface area contributed by atoms with Crippen LogP contribution >= 0.6 is 11.8 Å². The first kappa shape index (κ1) is 23.6. The topological polar surface area (TPSA) is 76.7 Å². The largest absolute Gasteiger partial charge is 0.433 e. The summed E-state index contributed by atoms with van der Waals surface area (Å²) in [6.07, 6.45) is -4.56. The van der Waals surface area contributed by atoms with Crippen molar-refractivity contribution in [3.05, 3.63) is 82.8 Å². The van der Waals surface area contributed by atoms with Crippen molar-refractivity contribution in [2.75, 3.05) is 5.32 Å². The molecule has 1 N–H and O–H groups in total. The molecular formula is C22H16F5N5OS. The second-order valence-corrected chi connectivity index (χ2v) is 8.02. The third kappa shape index (κ3) is 5.68. The summed E-state index contributed by atoms with van der Waals surface area (Å²) in [6, 6.07) is 11.4. The van der Waals surface area contributed by atoms with Gasteiger partial charge in [0.15, 0.2) is 0 Å². The van der Waals surface area contributed by atoms with E-state index in [9.17, 15) is 22.0 Å². The van der Waals surface area contributed by atoms with Crippen molar-refractivity contribution < 1.29 is 26.4 Å². The molecule has 0 atom stereocenters. The highest BCUT2D eigenvalue weighted by Gasteiger charge is 2.33. The first-order valence-electron chi connectivity index (χ1n) is 9.84. The van der Waals surface area contributed by atoms with Gasteiger partial charge in [-0.25, -0.2) is 18.7 Å². The Bertz CT molecular complexity index is 1270. The van der Waals surface area contributed by atoms with E-state index in [1.54, 1.807) is 24.3 Å². The molecule has 0 saturated carbocycles. The molecule has 0 radical (unpaired) electrons. The summed E-state index contributed by atoms with van der Waals surface area (Å²) in [5.41, 5.74) is 0.293. The van der Waals surface area contributed by atoms with Crippen LogP contribution in [0, 0.1) is 18.6 Å². The van der Waals surface area contributed by atoms with Crippen LogP contribution in [0.3, 0.4) is 0 Å². The van der Waals surface area contributed by atoms with Crippen LogP contribution in [0.25, 0.3) is 11.5 Å². The number of thioether (sulfide) groups is 1. The van der Waals surface area contributed by atoms with Gasteiger partial charge in [-0.2, -0.15) is 13.2 Å². The normalized spacial score (nSPS) is 11.6. The first-order valence-corrected chi connectivity index (χ1v) is 10.8. The van der Waals surface area contributed by atoms with Crippen LogP contribution in [0.1, 0.15) is 22.6 Å². The summed E-state index contributed by atoms with van der Waals surface area (Å²) >= 11 is 1.01. The molecule has 0 amide bonds. The molecule has 6 nitrogen and oxygen atoms in total. The molecule has 0 aliphatic carbocycles. The van der Waals surface area contributed by atoms with Crippen LogP contribution < -0.4 is 5.32 Å². The number of rotatable bonds is 7. The second-order valence-electron chi connectivity index (χ2n) is 7.10. The van der Waals surface area contributed by atoms with Crippen molar-refractivity contribution >= 4 is 17.6 Å². The summed E-state index contributed by atoms with van der Waals surface area (Å²) in [4.78, 5) is 7.38. The van der Waals surface area contributed by atoms with Gasteiger partial charge < -0.3 is 9.73 Å².